The van der Waals surface area contributed by atoms with Crippen molar-refractivity contribution in [3.63, 3.8) is 0 Å². The minimum absolute atomic E-state index is 0.239. The Bertz CT molecular complexity index is 1140. The van der Waals surface area contributed by atoms with Crippen LogP contribution in [0.1, 0.15) is 43.4 Å². The van der Waals surface area contributed by atoms with Crippen molar-refractivity contribution >= 4 is 0 Å². The predicted molar refractivity (Wildman–Crippen MR) is 126 cm³/mol. The van der Waals surface area contributed by atoms with Gasteiger partial charge in [-0.25, -0.2) is 0 Å². The number of rotatable bonds is 7. The van der Waals surface area contributed by atoms with E-state index in [4.69, 9.17) is 9.72 Å². The lowest BCUT2D eigenvalue weighted by Gasteiger charge is -2.34. The average Bonchev–Trinajstić information content (AvgIpc) is 2.84. The maximum atomic E-state index is 5.86. The van der Waals surface area contributed by atoms with Crippen molar-refractivity contribution in [1.82, 2.24) is 20.2 Å². The number of hydrogen-bond donors (Lipinski definition) is 0. The summed E-state index contributed by atoms with van der Waals surface area (Å²) in [7, 11) is 0. The minimum atomic E-state index is -0.239. The first-order chi connectivity index (χ1) is 15.5. The van der Waals surface area contributed by atoms with Crippen LogP contribution in [0, 0.1) is 12.8 Å². The van der Waals surface area contributed by atoms with Gasteiger partial charge in [0.2, 0.25) is 0 Å². The summed E-state index contributed by atoms with van der Waals surface area (Å²) in [6.07, 6.45) is 3.57. The van der Waals surface area contributed by atoms with Crippen molar-refractivity contribution in [2.75, 3.05) is 0 Å². The van der Waals surface area contributed by atoms with Crippen LogP contribution >= 0.6 is 0 Å². The van der Waals surface area contributed by atoms with E-state index >= 15 is 0 Å². The lowest BCUT2D eigenvalue weighted by atomic mass is 9.70. The zero-order chi connectivity index (χ0) is 22.6. The molecule has 0 saturated heterocycles. The highest BCUT2D eigenvalue weighted by Gasteiger charge is 2.34. The van der Waals surface area contributed by atoms with Gasteiger partial charge in [0.25, 0.3) is 0 Å². The molecular weight excluding hydrogens is 396 g/mol. The molecule has 162 valence electrons. The van der Waals surface area contributed by atoms with Crippen molar-refractivity contribution in [2.24, 2.45) is 5.92 Å². The van der Waals surface area contributed by atoms with Gasteiger partial charge in [0.1, 0.15) is 12.4 Å². The lowest BCUT2D eigenvalue weighted by Crippen LogP contribution is -2.31. The van der Waals surface area contributed by atoms with Gasteiger partial charge in [0, 0.05) is 17.2 Å². The van der Waals surface area contributed by atoms with E-state index in [9.17, 15) is 0 Å². The number of aryl methyl sites for hydroxylation is 1. The molecule has 0 aliphatic rings. The highest BCUT2D eigenvalue weighted by atomic mass is 16.5. The number of pyridine rings is 2. The molecule has 1 aromatic carbocycles. The number of hydrogen-bond acceptors (Lipinski definition) is 5. The predicted octanol–water partition coefficient (Wildman–Crippen LogP) is 5.78. The summed E-state index contributed by atoms with van der Waals surface area (Å²) in [6, 6.07) is 22.4. The summed E-state index contributed by atoms with van der Waals surface area (Å²) in [4.78, 5) is 9.08. The van der Waals surface area contributed by atoms with E-state index in [0.717, 1.165) is 34.1 Å². The van der Waals surface area contributed by atoms with E-state index in [1.807, 2.05) is 43.3 Å². The molecule has 3 aromatic heterocycles. The first kappa shape index (κ1) is 21.6. The zero-order valence-corrected chi connectivity index (χ0v) is 19.0. The van der Waals surface area contributed by atoms with Gasteiger partial charge in [-0.2, -0.15) is 10.2 Å². The smallest absolute Gasteiger partial charge is 0.138 e. The molecule has 0 bridgehead atoms. The normalized spacial score (nSPS) is 13.0. The summed E-state index contributed by atoms with van der Waals surface area (Å²) in [5, 5.41) is 8.47. The SMILES string of the molecule is Cc1ccc(-c2ccc(C(C)(c3ccc(OCc4ccccn4)cn3)C(C)C)cc2)nn1. The van der Waals surface area contributed by atoms with Gasteiger partial charge < -0.3 is 4.74 Å². The Labute approximate surface area is 189 Å². The largest absolute Gasteiger partial charge is 0.486 e. The van der Waals surface area contributed by atoms with E-state index in [1.54, 1.807) is 12.4 Å². The fourth-order valence-corrected chi connectivity index (χ4v) is 3.73. The van der Waals surface area contributed by atoms with Crippen molar-refractivity contribution in [3.8, 4) is 17.0 Å². The van der Waals surface area contributed by atoms with Crippen LogP contribution in [0.15, 0.2) is 79.1 Å². The molecule has 5 nitrogen and oxygen atoms in total. The zero-order valence-electron chi connectivity index (χ0n) is 19.0. The van der Waals surface area contributed by atoms with Crippen LogP contribution in [0.2, 0.25) is 0 Å². The molecular formula is C27H28N4O. The van der Waals surface area contributed by atoms with E-state index in [2.05, 4.69) is 66.3 Å². The second kappa shape index (κ2) is 9.27. The Balaban J connectivity index is 1.55. The van der Waals surface area contributed by atoms with Crippen LogP contribution in [0.25, 0.3) is 11.3 Å². The van der Waals surface area contributed by atoms with E-state index < -0.39 is 0 Å². The fourth-order valence-electron chi connectivity index (χ4n) is 3.73. The molecule has 0 radical (unpaired) electrons. The van der Waals surface area contributed by atoms with Gasteiger partial charge in [-0.05, 0) is 61.7 Å². The van der Waals surface area contributed by atoms with Gasteiger partial charge in [-0.15, -0.1) is 0 Å². The molecule has 0 amide bonds. The van der Waals surface area contributed by atoms with Gasteiger partial charge in [-0.3, -0.25) is 9.97 Å². The quantitative estimate of drug-likeness (QED) is 0.376. The molecule has 3 heterocycles. The van der Waals surface area contributed by atoms with Crippen LogP contribution in [0.5, 0.6) is 5.75 Å². The fraction of sp³-hybridized carbons (Fsp3) is 0.259. The van der Waals surface area contributed by atoms with Crippen molar-refractivity contribution in [2.45, 2.75) is 39.7 Å². The van der Waals surface area contributed by atoms with E-state index in [0.29, 0.717) is 12.5 Å². The van der Waals surface area contributed by atoms with E-state index in [1.165, 1.54) is 5.56 Å². The maximum absolute atomic E-state index is 5.86. The van der Waals surface area contributed by atoms with Crippen LogP contribution in [-0.2, 0) is 12.0 Å². The third-order valence-corrected chi connectivity index (χ3v) is 6.11. The lowest BCUT2D eigenvalue weighted by molar-refractivity contribution is 0.299. The van der Waals surface area contributed by atoms with Crippen molar-refractivity contribution < 1.29 is 4.74 Å². The highest BCUT2D eigenvalue weighted by molar-refractivity contribution is 5.59. The molecule has 5 heteroatoms. The van der Waals surface area contributed by atoms with Gasteiger partial charge >= 0.3 is 0 Å². The number of benzene rings is 1. The molecule has 4 aromatic rings. The molecule has 0 spiro atoms. The molecule has 0 aliphatic heterocycles. The van der Waals surface area contributed by atoms with Crippen LogP contribution in [0.3, 0.4) is 0 Å². The summed E-state index contributed by atoms with van der Waals surface area (Å²) < 4.78 is 5.86. The third kappa shape index (κ3) is 4.52. The standard InChI is InChI=1S/C27H28N4O/c1-19(2)27(4,22-11-9-21(10-12-22)25-14-8-20(3)30-31-25)26-15-13-24(17-29-26)32-18-23-7-5-6-16-28-23/h5-17,19H,18H2,1-4H3. The first-order valence-corrected chi connectivity index (χ1v) is 10.9. The third-order valence-electron chi connectivity index (χ3n) is 6.11. The van der Waals surface area contributed by atoms with Crippen LogP contribution in [-0.4, -0.2) is 20.2 Å². The molecule has 4 rings (SSSR count). The highest BCUT2D eigenvalue weighted by Crippen LogP contribution is 2.39. The van der Waals surface area contributed by atoms with Gasteiger partial charge in [0.05, 0.1) is 29.0 Å². The summed E-state index contributed by atoms with van der Waals surface area (Å²) >= 11 is 0. The second-order valence-electron chi connectivity index (χ2n) is 8.48. The van der Waals surface area contributed by atoms with Gasteiger partial charge in [-0.1, -0.05) is 44.2 Å². The average molecular weight is 425 g/mol. The summed E-state index contributed by atoms with van der Waals surface area (Å²) in [6.45, 7) is 9.07. The second-order valence-corrected chi connectivity index (χ2v) is 8.48. The number of nitrogens with zero attached hydrogens (tertiary/aromatic N) is 4. The Morgan fingerprint density at radius 1 is 0.875 bits per heavy atom. The Morgan fingerprint density at radius 3 is 2.28 bits per heavy atom. The summed E-state index contributed by atoms with van der Waals surface area (Å²) in [5.41, 5.74) is 5.72. The first-order valence-electron chi connectivity index (χ1n) is 10.9. The van der Waals surface area contributed by atoms with Crippen molar-refractivity contribution in [1.29, 1.82) is 0 Å². The maximum Gasteiger partial charge on any atom is 0.138 e. The van der Waals surface area contributed by atoms with Crippen molar-refractivity contribution in [3.05, 3.63) is 102 Å². The number of ether oxygens (including phenoxy) is 1. The molecule has 0 saturated carbocycles. The molecule has 1 unspecified atom stereocenters. The monoisotopic (exact) mass is 424 g/mol. The van der Waals surface area contributed by atoms with Crippen LogP contribution in [0.4, 0.5) is 0 Å². The molecule has 0 N–H and O–H groups in total. The number of aromatic nitrogens is 4. The Hall–Kier alpha value is -3.60. The Kier molecular flexibility index (Phi) is 6.26. The molecule has 0 fully saturated rings. The molecule has 32 heavy (non-hydrogen) atoms. The van der Waals surface area contributed by atoms with Crippen LogP contribution < -0.4 is 4.74 Å². The summed E-state index contributed by atoms with van der Waals surface area (Å²) in [5.74, 6) is 1.08. The van der Waals surface area contributed by atoms with Gasteiger partial charge in [0.15, 0.2) is 0 Å². The topological polar surface area (TPSA) is 60.8 Å². The Morgan fingerprint density at radius 2 is 1.69 bits per heavy atom. The minimum Gasteiger partial charge on any atom is -0.486 e. The molecule has 1 atom stereocenters. The van der Waals surface area contributed by atoms with E-state index in [-0.39, 0.29) is 5.41 Å². The molecule has 0 aliphatic carbocycles.